The van der Waals surface area contributed by atoms with E-state index in [1.54, 1.807) is 24.3 Å². The number of benzene rings is 2. The SMILES string of the molecule is N#Cc1ccc(C(=O)N[C@H](CC[S@@](=O)c2ccccc2)C(N)=O)cc1. The molecule has 0 spiro atoms. The van der Waals surface area contributed by atoms with Gasteiger partial charge in [0, 0.05) is 16.2 Å². The molecular formula is C18H17N3O3S. The number of nitrogens with one attached hydrogen (secondary N) is 1. The van der Waals surface area contributed by atoms with Crippen molar-refractivity contribution in [1.29, 1.82) is 5.26 Å². The number of rotatable bonds is 7. The van der Waals surface area contributed by atoms with E-state index in [9.17, 15) is 13.8 Å². The van der Waals surface area contributed by atoms with Crippen molar-refractivity contribution in [2.45, 2.75) is 17.4 Å². The molecule has 0 saturated heterocycles. The summed E-state index contributed by atoms with van der Waals surface area (Å²) in [6, 6.07) is 15.9. The average Bonchev–Trinajstić information content (AvgIpc) is 2.65. The van der Waals surface area contributed by atoms with Crippen molar-refractivity contribution < 1.29 is 13.8 Å². The number of hydrogen-bond donors (Lipinski definition) is 2. The molecule has 7 heteroatoms. The maximum absolute atomic E-state index is 12.2. The van der Waals surface area contributed by atoms with Crippen molar-refractivity contribution in [3.05, 3.63) is 65.7 Å². The van der Waals surface area contributed by atoms with Gasteiger partial charge in [0.05, 0.1) is 22.4 Å². The topological polar surface area (TPSA) is 113 Å². The van der Waals surface area contributed by atoms with E-state index >= 15 is 0 Å². The third kappa shape index (κ3) is 5.26. The Balaban J connectivity index is 1.98. The number of nitriles is 1. The third-order valence-corrected chi connectivity index (χ3v) is 4.93. The number of amides is 2. The Bertz CT molecular complexity index is 814. The van der Waals surface area contributed by atoms with Gasteiger partial charge in [-0.2, -0.15) is 5.26 Å². The summed E-state index contributed by atoms with van der Waals surface area (Å²) < 4.78 is 12.2. The molecular weight excluding hydrogens is 338 g/mol. The minimum Gasteiger partial charge on any atom is -0.368 e. The van der Waals surface area contributed by atoms with Crippen LogP contribution in [0.5, 0.6) is 0 Å². The van der Waals surface area contributed by atoms with Crippen LogP contribution in [0.1, 0.15) is 22.3 Å². The quantitative estimate of drug-likeness (QED) is 0.780. The summed E-state index contributed by atoms with van der Waals surface area (Å²) in [5.41, 5.74) is 6.08. The van der Waals surface area contributed by atoms with Crippen LogP contribution in [0, 0.1) is 11.3 Å². The van der Waals surface area contributed by atoms with E-state index in [1.165, 1.54) is 24.3 Å². The lowest BCUT2D eigenvalue weighted by Gasteiger charge is -2.15. The molecule has 3 N–H and O–H groups in total. The van der Waals surface area contributed by atoms with Crippen LogP contribution in [0.3, 0.4) is 0 Å². The van der Waals surface area contributed by atoms with Gasteiger partial charge in [0.25, 0.3) is 5.91 Å². The van der Waals surface area contributed by atoms with Gasteiger partial charge >= 0.3 is 0 Å². The molecule has 0 radical (unpaired) electrons. The van der Waals surface area contributed by atoms with Crippen molar-refractivity contribution >= 4 is 22.6 Å². The van der Waals surface area contributed by atoms with Crippen LogP contribution < -0.4 is 11.1 Å². The normalized spacial score (nSPS) is 12.6. The maximum Gasteiger partial charge on any atom is 0.251 e. The van der Waals surface area contributed by atoms with Gasteiger partial charge in [-0.25, -0.2) is 0 Å². The van der Waals surface area contributed by atoms with Gasteiger partial charge in [-0.15, -0.1) is 0 Å². The highest BCUT2D eigenvalue weighted by Crippen LogP contribution is 2.09. The fourth-order valence-corrected chi connectivity index (χ4v) is 3.28. The summed E-state index contributed by atoms with van der Waals surface area (Å²) in [6.07, 6.45) is 0.166. The van der Waals surface area contributed by atoms with Crippen LogP contribution in [0.15, 0.2) is 59.5 Å². The molecule has 0 fully saturated rings. The molecule has 0 heterocycles. The van der Waals surface area contributed by atoms with Crippen LogP contribution in [0.2, 0.25) is 0 Å². The van der Waals surface area contributed by atoms with E-state index in [1.807, 2.05) is 12.1 Å². The van der Waals surface area contributed by atoms with Crippen LogP contribution >= 0.6 is 0 Å². The Morgan fingerprint density at radius 3 is 2.32 bits per heavy atom. The second-order valence-electron chi connectivity index (χ2n) is 5.27. The molecule has 0 saturated carbocycles. The van der Waals surface area contributed by atoms with Gasteiger partial charge in [-0.05, 0) is 42.8 Å². The molecule has 2 amide bonds. The largest absolute Gasteiger partial charge is 0.368 e. The van der Waals surface area contributed by atoms with Gasteiger partial charge in [0.2, 0.25) is 5.91 Å². The Morgan fingerprint density at radius 1 is 1.12 bits per heavy atom. The molecule has 0 aliphatic carbocycles. The second kappa shape index (κ2) is 8.76. The predicted molar refractivity (Wildman–Crippen MR) is 93.9 cm³/mol. The monoisotopic (exact) mass is 355 g/mol. The second-order valence-corrected chi connectivity index (χ2v) is 6.84. The summed E-state index contributed by atoms with van der Waals surface area (Å²) in [6.45, 7) is 0. The first-order chi connectivity index (χ1) is 12.0. The van der Waals surface area contributed by atoms with Crippen molar-refractivity contribution in [2.75, 3.05) is 5.75 Å². The van der Waals surface area contributed by atoms with Gasteiger partial charge < -0.3 is 11.1 Å². The third-order valence-electron chi connectivity index (χ3n) is 3.52. The molecule has 6 nitrogen and oxygen atoms in total. The van der Waals surface area contributed by atoms with Crippen LogP contribution in [-0.2, 0) is 15.6 Å². The molecule has 0 aliphatic rings. The van der Waals surface area contributed by atoms with Gasteiger partial charge in [-0.3, -0.25) is 13.8 Å². The zero-order valence-corrected chi connectivity index (χ0v) is 14.2. The maximum atomic E-state index is 12.2. The van der Waals surface area contributed by atoms with Crippen molar-refractivity contribution in [1.82, 2.24) is 5.32 Å². The van der Waals surface area contributed by atoms with Crippen LogP contribution in [0.25, 0.3) is 0 Å². The summed E-state index contributed by atoms with van der Waals surface area (Å²) in [7, 11) is -1.28. The van der Waals surface area contributed by atoms with E-state index in [0.29, 0.717) is 16.0 Å². The molecule has 25 heavy (non-hydrogen) atoms. The van der Waals surface area contributed by atoms with E-state index in [-0.39, 0.29) is 12.2 Å². The number of nitrogens with zero attached hydrogens (tertiary/aromatic N) is 1. The zero-order valence-electron chi connectivity index (χ0n) is 13.3. The molecule has 0 unspecified atom stereocenters. The van der Waals surface area contributed by atoms with E-state index in [0.717, 1.165) is 0 Å². The summed E-state index contributed by atoms with van der Waals surface area (Å²) in [5, 5.41) is 11.3. The van der Waals surface area contributed by atoms with E-state index < -0.39 is 28.7 Å². The molecule has 0 aromatic heterocycles. The molecule has 0 bridgehead atoms. The smallest absolute Gasteiger partial charge is 0.251 e. The Hall–Kier alpha value is -2.98. The average molecular weight is 355 g/mol. The fourth-order valence-electron chi connectivity index (χ4n) is 2.14. The van der Waals surface area contributed by atoms with E-state index in [2.05, 4.69) is 5.32 Å². The summed E-state index contributed by atoms with van der Waals surface area (Å²) >= 11 is 0. The van der Waals surface area contributed by atoms with Gasteiger partial charge in [0.15, 0.2) is 0 Å². The number of nitrogens with two attached hydrogens (primary N) is 1. The number of carbonyl (C=O) groups is 2. The molecule has 2 atom stereocenters. The molecule has 2 rings (SSSR count). The van der Waals surface area contributed by atoms with Crippen LogP contribution in [-0.4, -0.2) is 27.8 Å². The molecule has 128 valence electrons. The molecule has 0 aliphatic heterocycles. The first-order valence-electron chi connectivity index (χ1n) is 7.55. The first kappa shape index (κ1) is 18.4. The van der Waals surface area contributed by atoms with Crippen molar-refractivity contribution in [3.8, 4) is 6.07 Å². The lowest BCUT2D eigenvalue weighted by Crippen LogP contribution is -2.45. The van der Waals surface area contributed by atoms with Gasteiger partial charge in [-0.1, -0.05) is 18.2 Å². The highest BCUT2D eigenvalue weighted by molar-refractivity contribution is 7.85. The fraction of sp³-hybridized carbons (Fsp3) is 0.167. The minimum absolute atomic E-state index is 0.166. The standard InChI is InChI=1S/C18H17N3O3S/c19-12-13-6-8-14(9-7-13)18(23)21-16(17(20)22)10-11-25(24)15-4-2-1-3-5-15/h1-9,16H,10-11H2,(H2,20,22)(H,21,23)/t16-,25-/m1/s1. The Morgan fingerprint density at radius 2 is 1.76 bits per heavy atom. The lowest BCUT2D eigenvalue weighted by atomic mass is 10.1. The number of carbonyl (C=O) groups excluding carboxylic acids is 2. The Kier molecular flexibility index (Phi) is 6.43. The molecule has 2 aromatic carbocycles. The lowest BCUT2D eigenvalue weighted by molar-refractivity contribution is -0.119. The van der Waals surface area contributed by atoms with Crippen LogP contribution in [0.4, 0.5) is 0 Å². The van der Waals surface area contributed by atoms with Crippen molar-refractivity contribution in [3.63, 3.8) is 0 Å². The summed E-state index contributed by atoms with van der Waals surface area (Å²) in [4.78, 5) is 24.4. The van der Waals surface area contributed by atoms with E-state index in [4.69, 9.17) is 11.0 Å². The highest BCUT2D eigenvalue weighted by Gasteiger charge is 2.20. The number of hydrogen-bond acceptors (Lipinski definition) is 4. The van der Waals surface area contributed by atoms with Gasteiger partial charge in [0.1, 0.15) is 6.04 Å². The Labute approximate surface area is 148 Å². The summed E-state index contributed by atoms with van der Waals surface area (Å²) in [5.74, 6) is -0.962. The van der Waals surface area contributed by atoms with Crippen molar-refractivity contribution in [2.24, 2.45) is 5.73 Å². The molecule has 2 aromatic rings. The highest BCUT2D eigenvalue weighted by atomic mass is 32.2. The minimum atomic E-state index is -1.28. The zero-order chi connectivity index (χ0) is 18.2. The number of primary amides is 1. The predicted octanol–water partition coefficient (Wildman–Crippen LogP) is 1.34. The first-order valence-corrected chi connectivity index (χ1v) is 8.87.